The average molecular weight is 232 g/mol. The zero-order chi connectivity index (χ0) is 12.7. The number of nitrogens with one attached hydrogen (secondary N) is 1. The van der Waals surface area contributed by atoms with Gasteiger partial charge < -0.3 is 0 Å². The Balaban J connectivity index is 2.75. The van der Waals surface area contributed by atoms with Gasteiger partial charge in [-0.15, -0.1) is 6.58 Å². The summed E-state index contributed by atoms with van der Waals surface area (Å²) in [6.45, 7) is 8.23. The molecule has 0 saturated carbocycles. The quantitative estimate of drug-likeness (QED) is 0.328. The van der Waals surface area contributed by atoms with Crippen LogP contribution in [0.1, 0.15) is 38.7 Å². The molecule has 17 heavy (non-hydrogen) atoms. The maximum Gasteiger partial charge on any atom is 0.0302 e. The molecule has 1 aromatic rings. The van der Waals surface area contributed by atoms with Gasteiger partial charge in [-0.1, -0.05) is 50.3 Å². The van der Waals surface area contributed by atoms with Crippen LogP contribution in [0.3, 0.4) is 0 Å². The maximum atomic E-state index is 5.70. The molecule has 1 rings (SSSR count). The lowest BCUT2D eigenvalue weighted by Gasteiger charge is -2.34. The Morgan fingerprint density at radius 1 is 1.35 bits per heavy atom. The van der Waals surface area contributed by atoms with Gasteiger partial charge in [-0.3, -0.25) is 11.3 Å². The van der Waals surface area contributed by atoms with Crippen LogP contribution in [-0.2, 0) is 5.41 Å². The predicted molar refractivity (Wildman–Crippen MR) is 74.6 cm³/mol. The predicted octanol–water partition coefficient (Wildman–Crippen LogP) is 3.15. The lowest BCUT2D eigenvalue weighted by Crippen LogP contribution is -2.48. The van der Waals surface area contributed by atoms with E-state index >= 15 is 0 Å². The van der Waals surface area contributed by atoms with E-state index in [1.807, 2.05) is 12.1 Å². The van der Waals surface area contributed by atoms with Gasteiger partial charge in [0.15, 0.2) is 0 Å². The number of hydrogen-bond donors (Lipinski definition) is 2. The number of nitrogens with two attached hydrogens (primary N) is 1. The second-order valence-electron chi connectivity index (χ2n) is 5.03. The summed E-state index contributed by atoms with van der Waals surface area (Å²) in [6, 6.07) is 10.8. The first-order chi connectivity index (χ1) is 8.12. The SMILES string of the molecule is C=CCCCC(NN)C(C)(C)c1ccccc1. The topological polar surface area (TPSA) is 38.0 Å². The highest BCUT2D eigenvalue weighted by Gasteiger charge is 2.29. The minimum Gasteiger partial charge on any atom is -0.271 e. The molecule has 0 heterocycles. The average Bonchev–Trinajstić information content (AvgIpc) is 2.35. The first-order valence-electron chi connectivity index (χ1n) is 6.25. The highest BCUT2D eigenvalue weighted by Crippen LogP contribution is 2.29. The highest BCUT2D eigenvalue weighted by atomic mass is 15.2. The van der Waals surface area contributed by atoms with Gasteiger partial charge in [0.2, 0.25) is 0 Å². The number of benzene rings is 1. The largest absolute Gasteiger partial charge is 0.271 e. The smallest absolute Gasteiger partial charge is 0.0302 e. The van der Waals surface area contributed by atoms with Crippen molar-refractivity contribution in [2.24, 2.45) is 5.84 Å². The van der Waals surface area contributed by atoms with E-state index in [0.717, 1.165) is 19.3 Å². The van der Waals surface area contributed by atoms with Crippen molar-refractivity contribution in [2.75, 3.05) is 0 Å². The van der Waals surface area contributed by atoms with E-state index in [0.29, 0.717) is 0 Å². The molecule has 1 aromatic carbocycles. The highest BCUT2D eigenvalue weighted by molar-refractivity contribution is 5.25. The molecule has 0 aliphatic rings. The van der Waals surface area contributed by atoms with E-state index in [1.54, 1.807) is 0 Å². The van der Waals surface area contributed by atoms with Crippen LogP contribution < -0.4 is 11.3 Å². The molecule has 0 amide bonds. The molecular formula is C15H24N2. The van der Waals surface area contributed by atoms with Crippen molar-refractivity contribution in [3.05, 3.63) is 48.6 Å². The van der Waals surface area contributed by atoms with E-state index in [1.165, 1.54) is 5.56 Å². The molecule has 94 valence electrons. The van der Waals surface area contributed by atoms with Crippen LogP contribution in [0, 0.1) is 0 Å². The van der Waals surface area contributed by atoms with E-state index in [2.05, 4.69) is 50.1 Å². The molecule has 1 unspecified atom stereocenters. The molecule has 1 atom stereocenters. The number of allylic oxidation sites excluding steroid dienone is 1. The van der Waals surface area contributed by atoms with Crippen molar-refractivity contribution < 1.29 is 0 Å². The number of rotatable bonds is 7. The van der Waals surface area contributed by atoms with Crippen LogP contribution in [0.15, 0.2) is 43.0 Å². The Kier molecular flexibility index (Phi) is 5.39. The lowest BCUT2D eigenvalue weighted by molar-refractivity contribution is 0.321. The summed E-state index contributed by atoms with van der Waals surface area (Å²) in [5.41, 5.74) is 4.33. The molecule has 0 aromatic heterocycles. The standard InChI is InChI=1S/C15H24N2/c1-4-5-7-12-14(17-16)15(2,3)13-10-8-6-9-11-13/h4,6,8-11,14,17H,1,5,7,12,16H2,2-3H3. The maximum absolute atomic E-state index is 5.70. The van der Waals surface area contributed by atoms with Crippen LogP contribution in [0.2, 0.25) is 0 Å². The second-order valence-corrected chi connectivity index (χ2v) is 5.03. The third-order valence-electron chi connectivity index (χ3n) is 3.49. The Bertz CT molecular complexity index is 330. The van der Waals surface area contributed by atoms with Crippen LogP contribution in [0.4, 0.5) is 0 Å². The zero-order valence-corrected chi connectivity index (χ0v) is 10.9. The molecule has 0 bridgehead atoms. The summed E-state index contributed by atoms with van der Waals surface area (Å²) < 4.78 is 0. The minimum absolute atomic E-state index is 0.0389. The van der Waals surface area contributed by atoms with E-state index in [9.17, 15) is 0 Å². The Morgan fingerprint density at radius 3 is 2.53 bits per heavy atom. The van der Waals surface area contributed by atoms with Crippen molar-refractivity contribution >= 4 is 0 Å². The third kappa shape index (κ3) is 3.69. The molecule has 2 heteroatoms. The summed E-state index contributed by atoms with van der Waals surface area (Å²) in [7, 11) is 0. The Morgan fingerprint density at radius 2 is 2.00 bits per heavy atom. The van der Waals surface area contributed by atoms with Crippen LogP contribution in [-0.4, -0.2) is 6.04 Å². The van der Waals surface area contributed by atoms with Crippen molar-refractivity contribution in [1.82, 2.24) is 5.43 Å². The Hall–Kier alpha value is -1.12. The van der Waals surface area contributed by atoms with Gasteiger partial charge in [-0.2, -0.15) is 0 Å². The Labute approximate surface area is 105 Å². The van der Waals surface area contributed by atoms with Crippen LogP contribution in [0.25, 0.3) is 0 Å². The van der Waals surface area contributed by atoms with Gasteiger partial charge in [0.25, 0.3) is 0 Å². The summed E-state index contributed by atoms with van der Waals surface area (Å²) in [6.07, 6.45) is 5.19. The van der Waals surface area contributed by atoms with Gasteiger partial charge in [0, 0.05) is 11.5 Å². The third-order valence-corrected chi connectivity index (χ3v) is 3.49. The lowest BCUT2D eigenvalue weighted by atomic mass is 9.76. The fourth-order valence-corrected chi connectivity index (χ4v) is 2.19. The molecule has 3 N–H and O–H groups in total. The normalized spacial score (nSPS) is 13.4. The minimum atomic E-state index is 0.0389. The zero-order valence-electron chi connectivity index (χ0n) is 10.9. The van der Waals surface area contributed by atoms with E-state index < -0.39 is 0 Å². The molecular weight excluding hydrogens is 208 g/mol. The van der Waals surface area contributed by atoms with Gasteiger partial charge >= 0.3 is 0 Å². The molecule has 0 aliphatic heterocycles. The first-order valence-corrected chi connectivity index (χ1v) is 6.25. The van der Waals surface area contributed by atoms with E-state index in [-0.39, 0.29) is 11.5 Å². The van der Waals surface area contributed by atoms with Gasteiger partial charge in [0.05, 0.1) is 0 Å². The molecule has 0 radical (unpaired) electrons. The van der Waals surface area contributed by atoms with E-state index in [4.69, 9.17) is 5.84 Å². The molecule has 0 aliphatic carbocycles. The van der Waals surface area contributed by atoms with Gasteiger partial charge in [-0.25, -0.2) is 0 Å². The fourth-order valence-electron chi connectivity index (χ4n) is 2.19. The first kappa shape index (κ1) is 13.9. The summed E-state index contributed by atoms with van der Waals surface area (Å²) in [4.78, 5) is 0. The molecule has 2 nitrogen and oxygen atoms in total. The van der Waals surface area contributed by atoms with Crippen molar-refractivity contribution in [1.29, 1.82) is 0 Å². The summed E-state index contributed by atoms with van der Waals surface area (Å²) in [5.74, 6) is 5.70. The summed E-state index contributed by atoms with van der Waals surface area (Å²) in [5, 5.41) is 0. The molecule has 0 fully saturated rings. The molecule has 0 saturated heterocycles. The monoisotopic (exact) mass is 232 g/mol. The number of unbranched alkanes of at least 4 members (excludes halogenated alkanes) is 1. The van der Waals surface area contributed by atoms with Gasteiger partial charge in [0.1, 0.15) is 0 Å². The summed E-state index contributed by atoms with van der Waals surface area (Å²) >= 11 is 0. The fraction of sp³-hybridized carbons (Fsp3) is 0.467. The van der Waals surface area contributed by atoms with Crippen molar-refractivity contribution in [3.63, 3.8) is 0 Å². The van der Waals surface area contributed by atoms with Crippen LogP contribution >= 0.6 is 0 Å². The molecule has 0 spiro atoms. The van der Waals surface area contributed by atoms with Gasteiger partial charge in [-0.05, 0) is 24.8 Å². The number of hydrazine groups is 1. The second kappa shape index (κ2) is 6.58. The van der Waals surface area contributed by atoms with Crippen LogP contribution in [0.5, 0.6) is 0 Å². The van der Waals surface area contributed by atoms with Crippen molar-refractivity contribution in [2.45, 2.75) is 44.6 Å². The number of hydrogen-bond acceptors (Lipinski definition) is 2. The van der Waals surface area contributed by atoms with Crippen molar-refractivity contribution in [3.8, 4) is 0 Å².